The summed E-state index contributed by atoms with van der Waals surface area (Å²) in [5.41, 5.74) is -0.0455. The van der Waals surface area contributed by atoms with Crippen LogP contribution < -0.4 is 10.6 Å². The molecule has 3 rings (SSSR count). The molecular weight excluding hydrogens is 419 g/mol. The normalized spacial score (nSPS) is 23.0. The number of Topliss-reactive ketones (excluding diaryl/α,β-unsaturated/α-hetero) is 1. The van der Waals surface area contributed by atoms with E-state index in [0.717, 1.165) is 0 Å². The number of anilines is 1. The quantitative estimate of drug-likeness (QED) is 0.434. The number of aliphatic hydroxyl groups is 1. The molecule has 1 saturated heterocycles. The number of amides is 2. The van der Waals surface area contributed by atoms with Gasteiger partial charge in [0.15, 0.2) is 11.9 Å². The lowest BCUT2D eigenvalue weighted by atomic mass is 10.1. The predicted molar refractivity (Wildman–Crippen MR) is 102 cm³/mol. The number of pyridine rings is 1. The van der Waals surface area contributed by atoms with Crippen molar-refractivity contribution >= 4 is 29.1 Å². The van der Waals surface area contributed by atoms with Crippen LogP contribution in [0, 0.1) is 11.3 Å². The molecule has 4 atom stereocenters. The molecule has 4 N–H and O–H groups in total. The number of nitrogens with one attached hydrogen (secondary N) is 3. The van der Waals surface area contributed by atoms with Gasteiger partial charge in [-0.25, -0.2) is 4.98 Å². The summed E-state index contributed by atoms with van der Waals surface area (Å²) < 4.78 is 37.3. The summed E-state index contributed by atoms with van der Waals surface area (Å²) in [5, 5.41) is 21.8. The molecule has 1 aromatic rings. The molecule has 0 bridgehead atoms. The Bertz CT molecular complexity index is 907. The van der Waals surface area contributed by atoms with Crippen LogP contribution in [0.15, 0.2) is 18.3 Å². The minimum Gasteiger partial charge on any atom is -0.382 e. The Labute approximate surface area is 175 Å². The minimum atomic E-state index is -4.85. The van der Waals surface area contributed by atoms with Gasteiger partial charge in [0.1, 0.15) is 17.6 Å². The van der Waals surface area contributed by atoms with E-state index in [0.29, 0.717) is 12.8 Å². The van der Waals surface area contributed by atoms with Gasteiger partial charge in [0.05, 0.1) is 13.1 Å². The SMILES string of the molecule is CC(=O)C(=N)c1cccnc1NCC(=O)N1[C@@H]2C[C@@H]2C[C@H]1C(=O)NCC(O)C(F)(F)F. The molecule has 1 aromatic heterocycles. The number of nitrogens with zero attached hydrogens (tertiary/aromatic N) is 2. The van der Waals surface area contributed by atoms with Crippen molar-refractivity contribution in [1.82, 2.24) is 15.2 Å². The van der Waals surface area contributed by atoms with Gasteiger partial charge in [0, 0.05) is 24.7 Å². The van der Waals surface area contributed by atoms with Gasteiger partial charge in [-0.3, -0.25) is 19.8 Å². The van der Waals surface area contributed by atoms with Crippen LogP contribution in [-0.2, 0) is 14.4 Å². The molecule has 1 aliphatic carbocycles. The fourth-order valence-corrected chi connectivity index (χ4v) is 3.67. The first kappa shape index (κ1) is 22.7. The summed E-state index contributed by atoms with van der Waals surface area (Å²) in [6.07, 6.45) is -5.05. The van der Waals surface area contributed by atoms with Crippen molar-refractivity contribution in [1.29, 1.82) is 5.41 Å². The first-order valence-electron chi connectivity index (χ1n) is 9.63. The van der Waals surface area contributed by atoms with Crippen molar-refractivity contribution in [2.45, 2.75) is 44.1 Å². The van der Waals surface area contributed by atoms with Crippen LogP contribution in [0.4, 0.5) is 19.0 Å². The molecule has 1 aliphatic heterocycles. The third kappa shape index (κ3) is 5.01. The van der Waals surface area contributed by atoms with Crippen molar-refractivity contribution in [3.05, 3.63) is 23.9 Å². The van der Waals surface area contributed by atoms with Crippen LogP contribution in [0.1, 0.15) is 25.3 Å². The van der Waals surface area contributed by atoms with E-state index in [1.165, 1.54) is 24.1 Å². The van der Waals surface area contributed by atoms with Crippen LogP contribution in [0.25, 0.3) is 0 Å². The third-order valence-corrected chi connectivity index (χ3v) is 5.38. The molecule has 2 aliphatic rings. The van der Waals surface area contributed by atoms with Crippen LogP contribution >= 0.6 is 0 Å². The second-order valence-corrected chi connectivity index (χ2v) is 7.60. The highest BCUT2D eigenvalue weighted by atomic mass is 19.4. The number of piperidine rings is 1. The number of carbonyl (C=O) groups is 3. The minimum absolute atomic E-state index is 0.114. The summed E-state index contributed by atoms with van der Waals surface area (Å²) >= 11 is 0. The fraction of sp³-hybridized carbons (Fsp3) is 0.526. The first-order valence-corrected chi connectivity index (χ1v) is 9.63. The third-order valence-electron chi connectivity index (χ3n) is 5.38. The maximum atomic E-state index is 12.8. The van der Waals surface area contributed by atoms with Crippen molar-refractivity contribution in [2.24, 2.45) is 5.92 Å². The highest BCUT2D eigenvalue weighted by Crippen LogP contribution is 2.47. The van der Waals surface area contributed by atoms with Crippen molar-refractivity contribution in [3.8, 4) is 0 Å². The van der Waals surface area contributed by atoms with Gasteiger partial charge in [0.2, 0.25) is 11.8 Å². The lowest BCUT2D eigenvalue weighted by Gasteiger charge is -2.27. The van der Waals surface area contributed by atoms with Gasteiger partial charge in [0.25, 0.3) is 0 Å². The van der Waals surface area contributed by atoms with E-state index in [4.69, 9.17) is 10.5 Å². The smallest absolute Gasteiger partial charge is 0.382 e. The van der Waals surface area contributed by atoms with Gasteiger partial charge < -0.3 is 20.6 Å². The second-order valence-electron chi connectivity index (χ2n) is 7.60. The maximum Gasteiger partial charge on any atom is 0.416 e. The molecule has 12 heteroatoms. The Morgan fingerprint density at radius 2 is 2.06 bits per heavy atom. The van der Waals surface area contributed by atoms with Crippen LogP contribution in [-0.4, -0.2) is 75.8 Å². The number of aliphatic hydroxyl groups excluding tert-OH is 1. The molecule has 2 heterocycles. The van der Waals surface area contributed by atoms with E-state index >= 15 is 0 Å². The molecule has 0 spiro atoms. The predicted octanol–water partition coefficient (Wildman–Crippen LogP) is 0.479. The summed E-state index contributed by atoms with van der Waals surface area (Å²) in [6.45, 7) is -0.0209. The highest BCUT2D eigenvalue weighted by Gasteiger charge is 2.56. The number of carbonyl (C=O) groups excluding carboxylic acids is 3. The number of halogens is 3. The number of ketones is 1. The lowest BCUT2D eigenvalue weighted by Crippen LogP contribution is -2.51. The Kier molecular flexibility index (Phi) is 6.30. The summed E-state index contributed by atoms with van der Waals surface area (Å²) in [7, 11) is 0. The average Bonchev–Trinajstić information content (AvgIpc) is 3.38. The monoisotopic (exact) mass is 441 g/mol. The van der Waals surface area contributed by atoms with E-state index in [1.54, 1.807) is 6.07 Å². The van der Waals surface area contributed by atoms with Gasteiger partial charge >= 0.3 is 6.18 Å². The Morgan fingerprint density at radius 3 is 2.71 bits per heavy atom. The van der Waals surface area contributed by atoms with Crippen molar-refractivity contribution in [3.63, 3.8) is 0 Å². The number of rotatable bonds is 8. The molecule has 0 aromatic carbocycles. The zero-order valence-corrected chi connectivity index (χ0v) is 16.6. The maximum absolute atomic E-state index is 12.8. The lowest BCUT2D eigenvalue weighted by molar-refractivity contribution is -0.202. The zero-order valence-electron chi connectivity index (χ0n) is 16.6. The molecule has 2 amide bonds. The van der Waals surface area contributed by atoms with E-state index in [-0.39, 0.29) is 35.6 Å². The Morgan fingerprint density at radius 1 is 1.35 bits per heavy atom. The highest BCUT2D eigenvalue weighted by molar-refractivity contribution is 6.45. The van der Waals surface area contributed by atoms with E-state index in [9.17, 15) is 27.6 Å². The molecule has 1 unspecified atom stereocenters. The van der Waals surface area contributed by atoms with E-state index in [2.05, 4.69) is 15.6 Å². The number of likely N-dealkylation sites (tertiary alicyclic amines) is 1. The topological polar surface area (TPSA) is 135 Å². The van der Waals surface area contributed by atoms with E-state index in [1.807, 2.05) is 0 Å². The van der Waals surface area contributed by atoms with Gasteiger partial charge in [-0.15, -0.1) is 0 Å². The second kappa shape index (κ2) is 8.61. The fourth-order valence-electron chi connectivity index (χ4n) is 3.67. The van der Waals surface area contributed by atoms with Gasteiger partial charge in [-0.2, -0.15) is 13.2 Å². The number of alkyl halides is 3. The molecule has 31 heavy (non-hydrogen) atoms. The van der Waals surface area contributed by atoms with Gasteiger partial charge in [-0.1, -0.05) is 0 Å². The van der Waals surface area contributed by atoms with Crippen LogP contribution in [0.2, 0.25) is 0 Å². The largest absolute Gasteiger partial charge is 0.416 e. The number of aromatic nitrogens is 1. The Balaban J connectivity index is 1.63. The number of hydrogen-bond acceptors (Lipinski definition) is 7. The molecule has 2 fully saturated rings. The molecule has 9 nitrogen and oxygen atoms in total. The Hall–Kier alpha value is -3.02. The van der Waals surface area contributed by atoms with Crippen molar-refractivity contribution < 1.29 is 32.7 Å². The number of fused-ring (bicyclic) bond motifs is 1. The molecular formula is C19H22F3N5O4. The molecule has 0 radical (unpaired) electrons. The summed E-state index contributed by atoms with van der Waals surface area (Å²) in [4.78, 5) is 42.1. The standard InChI is InChI=1S/C19H22F3N5O4/c1-9(28)16(23)11-3-2-4-24-17(11)25-8-15(30)27-12-5-10(12)6-13(27)18(31)26-7-14(29)19(20,21)22/h2-4,10,12-14,23,29H,5-8H2,1H3,(H,24,25)(H,26,31)/t10-,12-,13+,14?/m1/s1. The molecule has 168 valence electrons. The van der Waals surface area contributed by atoms with Crippen LogP contribution in [0.5, 0.6) is 0 Å². The van der Waals surface area contributed by atoms with Crippen LogP contribution in [0.3, 0.4) is 0 Å². The van der Waals surface area contributed by atoms with Gasteiger partial charge in [-0.05, 0) is 30.9 Å². The summed E-state index contributed by atoms with van der Waals surface area (Å²) in [5.74, 6) is -1.39. The van der Waals surface area contributed by atoms with Crippen molar-refractivity contribution in [2.75, 3.05) is 18.4 Å². The number of hydrogen-bond donors (Lipinski definition) is 4. The van der Waals surface area contributed by atoms with E-state index < -0.39 is 42.5 Å². The molecule has 1 saturated carbocycles. The zero-order chi connectivity index (χ0) is 22.9. The first-order chi connectivity index (χ1) is 14.5. The average molecular weight is 441 g/mol. The summed E-state index contributed by atoms with van der Waals surface area (Å²) in [6, 6.07) is 1.98.